The van der Waals surface area contributed by atoms with Gasteiger partial charge in [0.05, 0.1) is 6.61 Å². The molecule has 1 aliphatic heterocycles. The number of anilines is 1. The SMILES string of the molecule is C=C(C)NC(Cc1ccc(Cl)cc1C)C(=O)N1CCN(c2ccc(F)cc2CNC(C)COC)CC1.CC. The van der Waals surface area contributed by atoms with Crippen molar-refractivity contribution in [2.45, 2.75) is 59.7 Å². The summed E-state index contributed by atoms with van der Waals surface area (Å²) in [5, 5.41) is 7.35. The van der Waals surface area contributed by atoms with Crippen molar-refractivity contribution in [1.82, 2.24) is 15.5 Å². The first-order valence-electron chi connectivity index (χ1n) is 13.4. The highest BCUT2D eigenvalue weighted by Gasteiger charge is 2.29. The summed E-state index contributed by atoms with van der Waals surface area (Å²) in [6.07, 6.45) is 0.558. The van der Waals surface area contributed by atoms with E-state index in [1.54, 1.807) is 13.2 Å². The average Bonchev–Trinajstić information content (AvgIpc) is 2.89. The zero-order valence-corrected chi connectivity index (χ0v) is 24.5. The van der Waals surface area contributed by atoms with E-state index in [-0.39, 0.29) is 17.8 Å². The van der Waals surface area contributed by atoms with Gasteiger partial charge < -0.3 is 25.2 Å². The van der Waals surface area contributed by atoms with Gasteiger partial charge in [0.15, 0.2) is 0 Å². The van der Waals surface area contributed by atoms with E-state index >= 15 is 0 Å². The van der Waals surface area contributed by atoms with Gasteiger partial charge in [-0.2, -0.15) is 0 Å². The lowest BCUT2D eigenvalue weighted by atomic mass is 9.99. The van der Waals surface area contributed by atoms with Crippen LogP contribution in [-0.4, -0.2) is 62.8 Å². The normalized spacial score (nSPS) is 14.8. The minimum atomic E-state index is -0.401. The Balaban J connectivity index is 0.00000247. The highest BCUT2D eigenvalue weighted by atomic mass is 35.5. The fraction of sp³-hybridized carbons (Fsp3) is 0.500. The number of amides is 1. The van der Waals surface area contributed by atoms with E-state index in [0.717, 1.165) is 28.1 Å². The van der Waals surface area contributed by atoms with Crippen molar-refractivity contribution >= 4 is 23.2 Å². The van der Waals surface area contributed by atoms with E-state index in [9.17, 15) is 9.18 Å². The maximum Gasteiger partial charge on any atom is 0.245 e. The molecule has 2 aromatic rings. The molecule has 1 fully saturated rings. The Bertz CT molecular complexity index is 1060. The number of piperazine rings is 1. The first-order valence-corrected chi connectivity index (χ1v) is 13.8. The molecule has 1 aliphatic rings. The number of aryl methyl sites for hydroxylation is 1. The van der Waals surface area contributed by atoms with E-state index in [1.807, 2.05) is 63.8 Å². The number of halogens is 2. The molecule has 8 heteroatoms. The summed E-state index contributed by atoms with van der Waals surface area (Å²) < 4.78 is 19.2. The molecule has 0 spiro atoms. The number of carbonyl (C=O) groups excluding carboxylic acids is 1. The van der Waals surface area contributed by atoms with Gasteiger partial charge in [0.1, 0.15) is 11.9 Å². The number of benzene rings is 2. The molecule has 1 heterocycles. The molecule has 6 nitrogen and oxygen atoms in total. The van der Waals surface area contributed by atoms with Crippen molar-refractivity contribution in [3.63, 3.8) is 0 Å². The zero-order chi connectivity index (χ0) is 28.2. The smallest absolute Gasteiger partial charge is 0.245 e. The molecule has 0 bridgehead atoms. The Hall–Kier alpha value is -2.61. The van der Waals surface area contributed by atoms with Gasteiger partial charge in [-0.05, 0) is 67.8 Å². The maximum absolute atomic E-state index is 14.0. The maximum atomic E-state index is 14.0. The van der Waals surface area contributed by atoms with Gasteiger partial charge in [-0.1, -0.05) is 38.1 Å². The lowest BCUT2D eigenvalue weighted by Gasteiger charge is -2.38. The number of allylic oxidation sites excluding steroid dienone is 1. The fourth-order valence-corrected chi connectivity index (χ4v) is 4.82. The van der Waals surface area contributed by atoms with Gasteiger partial charge in [0, 0.05) is 68.7 Å². The van der Waals surface area contributed by atoms with Crippen LogP contribution in [0.15, 0.2) is 48.7 Å². The summed E-state index contributed by atoms with van der Waals surface area (Å²) in [6, 6.07) is 10.4. The van der Waals surface area contributed by atoms with Crippen molar-refractivity contribution in [2.24, 2.45) is 0 Å². The minimum absolute atomic E-state index is 0.0568. The Labute approximate surface area is 233 Å². The molecular formula is C30H44ClFN4O2. The standard InChI is InChI=1S/C28H38ClFN4O2.C2H6/c1-19(2)32-26(16-22-6-7-24(29)14-20(22)3)28(35)34-12-10-33(11-13-34)27-9-8-25(30)15-23(27)17-31-21(4)18-36-5;1-2/h6-9,14-15,21,26,31-32H,1,10-13,16-18H2,2-5H3;1-2H3. The Morgan fingerprint density at radius 3 is 2.42 bits per heavy atom. The van der Waals surface area contributed by atoms with Crippen LogP contribution in [0.4, 0.5) is 10.1 Å². The molecule has 0 saturated carbocycles. The monoisotopic (exact) mass is 546 g/mol. The summed E-state index contributed by atoms with van der Waals surface area (Å²) in [5.74, 6) is -0.198. The van der Waals surface area contributed by atoms with Gasteiger partial charge in [-0.15, -0.1) is 0 Å². The molecule has 2 aromatic carbocycles. The third kappa shape index (κ3) is 9.29. The molecular weight excluding hydrogens is 503 g/mol. The van der Waals surface area contributed by atoms with E-state index in [2.05, 4.69) is 22.1 Å². The van der Waals surface area contributed by atoms with Crippen LogP contribution in [0.1, 0.15) is 44.4 Å². The number of hydrogen-bond donors (Lipinski definition) is 2. The van der Waals surface area contributed by atoms with Gasteiger partial charge >= 0.3 is 0 Å². The quantitative estimate of drug-likeness (QED) is 0.399. The van der Waals surface area contributed by atoms with E-state index in [4.69, 9.17) is 16.3 Å². The largest absolute Gasteiger partial charge is 0.383 e. The number of nitrogens with one attached hydrogen (secondary N) is 2. The molecule has 1 amide bonds. The van der Waals surface area contributed by atoms with Crippen molar-refractivity contribution in [3.05, 3.63) is 76.2 Å². The molecule has 2 unspecified atom stereocenters. The predicted molar refractivity (Wildman–Crippen MR) is 156 cm³/mol. The van der Waals surface area contributed by atoms with Crippen molar-refractivity contribution < 1.29 is 13.9 Å². The third-order valence-electron chi connectivity index (χ3n) is 6.48. The number of nitrogens with zero attached hydrogens (tertiary/aromatic N) is 2. The molecule has 0 aliphatic carbocycles. The second kappa shape index (κ2) is 15.7. The second-order valence-corrected chi connectivity index (χ2v) is 10.0. The third-order valence-corrected chi connectivity index (χ3v) is 6.71. The number of rotatable bonds is 11. The predicted octanol–water partition coefficient (Wildman–Crippen LogP) is 5.32. The highest BCUT2D eigenvalue weighted by molar-refractivity contribution is 6.30. The average molecular weight is 547 g/mol. The summed E-state index contributed by atoms with van der Waals surface area (Å²) in [5.41, 5.74) is 4.79. The van der Waals surface area contributed by atoms with Gasteiger partial charge in [-0.3, -0.25) is 4.79 Å². The summed E-state index contributed by atoms with van der Waals surface area (Å²) >= 11 is 6.12. The van der Waals surface area contributed by atoms with Crippen LogP contribution in [-0.2, 0) is 22.5 Å². The van der Waals surface area contributed by atoms with Crippen molar-refractivity contribution in [1.29, 1.82) is 0 Å². The lowest BCUT2D eigenvalue weighted by molar-refractivity contribution is -0.133. The number of methoxy groups -OCH3 is 1. The summed E-state index contributed by atoms with van der Waals surface area (Å²) in [6.45, 7) is 17.5. The van der Waals surface area contributed by atoms with Gasteiger partial charge in [0.2, 0.25) is 5.91 Å². The van der Waals surface area contributed by atoms with Gasteiger partial charge in [0.25, 0.3) is 0 Å². The number of hydrogen-bond acceptors (Lipinski definition) is 5. The van der Waals surface area contributed by atoms with Crippen molar-refractivity contribution in [2.75, 3.05) is 44.8 Å². The van der Waals surface area contributed by atoms with Crippen LogP contribution < -0.4 is 15.5 Å². The van der Waals surface area contributed by atoms with E-state index < -0.39 is 6.04 Å². The molecule has 210 valence electrons. The number of carbonyl (C=O) groups is 1. The molecule has 0 aromatic heterocycles. The fourth-order valence-electron chi connectivity index (χ4n) is 4.59. The summed E-state index contributed by atoms with van der Waals surface area (Å²) in [4.78, 5) is 17.7. The van der Waals surface area contributed by atoms with Crippen molar-refractivity contribution in [3.8, 4) is 0 Å². The van der Waals surface area contributed by atoms with Crippen LogP contribution >= 0.6 is 11.6 Å². The molecule has 38 heavy (non-hydrogen) atoms. The second-order valence-electron chi connectivity index (χ2n) is 9.57. The van der Waals surface area contributed by atoms with Crippen LogP contribution in [0.3, 0.4) is 0 Å². The van der Waals surface area contributed by atoms with E-state index in [1.165, 1.54) is 6.07 Å². The lowest BCUT2D eigenvalue weighted by Crippen LogP contribution is -2.54. The highest BCUT2D eigenvalue weighted by Crippen LogP contribution is 2.24. The summed E-state index contributed by atoms with van der Waals surface area (Å²) in [7, 11) is 1.67. The van der Waals surface area contributed by atoms with Crippen LogP contribution in [0.25, 0.3) is 0 Å². The molecule has 1 saturated heterocycles. The first-order chi connectivity index (χ1) is 18.2. The Kier molecular flexibility index (Phi) is 13.1. The van der Waals surface area contributed by atoms with Crippen LogP contribution in [0.2, 0.25) is 5.02 Å². The molecule has 2 atom stereocenters. The molecule has 3 rings (SSSR count). The Morgan fingerprint density at radius 1 is 1.13 bits per heavy atom. The van der Waals surface area contributed by atoms with Gasteiger partial charge in [-0.25, -0.2) is 4.39 Å². The zero-order valence-electron chi connectivity index (χ0n) is 23.7. The Morgan fingerprint density at radius 2 is 1.82 bits per heavy atom. The molecule has 2 N–H and O–H groups in total. The number of ether oxygens (including phenoxy) is 1. The molecule has 0 radical (unpaired) electrons. The minimum Gasteiger partial charge on any atom is -0.383 e. The topological polar surface area (TPSA) is 56.8 Å². The van der Waals surface area contributed by atoms with Crippen LogP contribution in [0.5, 0.6) is 0 Å². The first kappa shape index (κ1) is 31.6. The van der Waals surface area contributed by atoms with E-state index in [0.29, 0.717) is 50.8 Å². The van der Waals surface area contributed by atoms with Crippen LogP contribution in [0, 0.1) is 12.7 Å².